The summed E-state index contributed by atoms with van der Waals surface area (Å²) < 4.78 is 5.06. The topological polar surface area (TPSA) is 75.6 Å². The Morgan fingerprint density at radius 1 is 1.32 bits per heavy atom. The normalized spacial score (nSPS) is 12.3. The molecule has 0 aliphatic heterocycles. The lowest BCUT2D eigenvalue weighted by atomic mass is 10.1. The van der Waals surface area contributed by atoms with Crippen LogP contribution >= 0.6 is 11.3 Å². The first-order valence-electron chi connectivity index (χ1n) is 7.87. The van der Waals surface area contributed by atoms with Gasteiger partial charge in [-0.05, 0) is 6.42 Å². The number of nitrogens with zero attached hydrogens (tertiary/aromatic N) is 3. The van der Waals surface area contributed by atoms with Gasteiger partial charge in [0.05, 0.1) is 5.92 Å². The van der Waals surface area contributed by atoms with E-state index < -0.39 is 11.9 Å². The van der Waals surface area contributed by atoms with Gasteiger partial charge < -0.3 is 14.7 Å². The van der Waals surface area contributed by atoms with E-state index in [-0.39, 0.29) is 0 Å². The molecule has 1 atom stereocenters. The van der Waals surface area contributed by atoms with Crippen molar-refractivity contribution in [3.63, 3.8) is 0 Å². The number of unbranched alkanes of at least 4 members (excludes halogenated alkanes) is 4. The molecule has 1 aromatic heterocycles. The maximum atomic E-state index is 11.1. The number of carbonyl (C=O) groups is 1. The number of carboxylic acid groups (broad SMARTS) is 1. The number of methoxy groups -OCH3 is 1. The van der Waals surface area contributed by atoms with E-state index in [0.717, 1.165) is 29.5 Å². The van der Waals surface area contributed by atoms with Crippen LogP contribution in [0.1, 0.15) is 51.0 Å². The van der Waals surface area contributed by atoms with Gasteiger partial charge in [0.2, 0.25) is 5.13 Å². The van der Waals surface area contributed by atoms with Crippen molar-refractivity contribution < 1.29 is 14.6 Å². The van der Waals surface area contributed by atoms with Crippen molar-refractivity contribution in [2.45, 2.75) is 52.6 Å². The minimum atomic E-state index is -0.780. The summed E-state index contributed by atoms with van der Waals surface area (Å²) in [7, 11) is 1.62. The van der Waals surface area contributed by atoms with E-state index in [1.54, 1.807) is 14.0 Å². The molecule has 1 unspecified atom stereocenters. The van der Waals surface area contributed by atoms with Crippen LogP contribution in [0.2, 0.25) is 0 Å². The molecular formula is C15H27N3O3S. The van der Waals surface area contributed by atoms with Crippen LogP contribution in [0.5, 0.6) is 0 Å². The summed E-state index contributed by atoms with van der Waals surface area (Å²) in [5, 5.41) is 19.0. The van der Waals surface area contributed by atoms with Crippen LogP contribution in [-0.4, -0.2) is 41.5 Å². The standard InChI is InChI=1S/C15H27N3O3S/c1-4-5-6-7-8-9-18(10-12(2)14(19)20)15-17-16-13(22-15)11-21-3/h12H,4-11H2,1-3H3,(H,19,20). The smallest absolute Gasteiger partial charge is 0.308 e. The van der Waals surface area contributed by atoms with Gasteiger partial charge in [0.25, 0.3) is 0 Å². The second-order valence-corrected chi connectivity index (χ2v) is 6.55. The number of hydrogen-bond donors (Lipinski definition) is 1. The van der Waals surface area contributed by atoms with E-state index in [1.807, 2.05) is 4.90 Å². The van der Waals surface area contributed by atoms with Crippen molar-refractivity contribution in [1.82, 2.24) is 10.2 Å². The minimum Gasteiger partial charge on any atom is -0.481 e. The highest BCUT2D eigenvalue weighted by atomic mass is 32.1. The molecule has 0 saturated heterocycles. The van der Waals surface area contributed by atoms with Gasteiger partial charge in [-0.3, -0.25) is 4.79 Å². The molecule has 0 aliphatic carbocycles. The first-order chi connectivity index (χ1) is 10.6. The number of aliphatic carboxylic acids is 1. The fourth-order valence-electron chi connectivity index (χ4n) is 2.13. The molecule has 1 rings (SSSR count). The van der Waals surface area contributed by atoms with Gasteiger partial charge >= 0.3 is 5.97 Å². The summed E-state index contributed by atoms with van der Waals surface area (Å²) in [6, 6.07) is 0. The summed E-state index contributed by atoms with van der Waals surface area (Å²) in [5.41, 5.74) is 0. The van der Waals surface area contributed by atoms with Gasteiger partial charge in [-0.25, -0.2) is 0 Å². The van der Waals surface area contributed by atoms with E-state index in [2.05, 4.69) is 17.1 Å². The minimum absolute atomic E-state index is 0.426. The van der Waals surface area contributed by atoms with Gasteiger partial charge in [0.15, 0.2) is 0 Å². The predicted molar refractivity (Wildman–Crippen MR) is 88.4 cm³/mol. The van der Waals surface area contributed by atoms with Gasteiger partial charge in [-0.2, -0.15) is 0 Å². The zero-order valence-corrected chi connectivity index (χ0v) is 14.6. The summed E-state index contributed by atoms with van der Waals surface area (Å²) in [6.07, 6.45) is 5.91. The number of hydrogen-bond acceptors (Lipinski definition) is 6. The molecule has 7 heteroatoms. The first-order valence-corrected chi connectivity index (χ1v) is 8.69. The largest absolute Gasteiger partial charge is 0.481 e. The lowest BCUT2D eigenvalue weighted by Crippen LogP contribution is -2.32. The molecule has 0 aliphatic rings. The van der Waals surface area contributed by atoms with Gasteiger partial charge in [-0.1, -0.05) is 50.9 Å². The summed E-state index contributed by atoms with van der Waals surface area (Å²) >= 11 is 1.47. The third-order valence-corrected chi connectivity index (χ3v) is 4.40. The molecular weight excluding hydrogens is 302 g/mol. The molecule has 0 spiro atoms. The van der Waals surface area contributed by atoms with Crippen LogP contribution in [0.25, 0.3) is 0 Å². The van der Waals surface area contributed by atoms with Crippen LogP contribution in [0.15, 0.2) is 0 Å². The third-order valence-electron chi connectivity index (χ3n) is 3.44. The zero-order chi connectivity index (χ0) is 16.4. The molecule has 1 aromatic rings. The highest BCUT2D eigenvalue weighted by molar-refractivity contribution is 7.15. The average molecular weight is 329 g/mol. The summed E-state index contributed by atoms with van der Waals surface area (Å²) in [5.74, 6) is -1.21. The Morgan fingerprint density at radius 3 is 2.68 bits per heavy atom. The Labute approximate surface area is 136 Å². The molecule has 1 N–H and O–H groups in total. The molecule has 0 saturated carbocycles. The van der Waals surface area contributed by atoms with E-state index in [9.17, 15) is 4.79 Å². The molecule has 0 aromatic carbocycles. The molecule has 126 valence electrons. The Hall–Kier alpha value is -1.21. The van der Waals surface area contributed by atoms with E-state index >= 15 is 0 Å². The lowest BCUT2D eigenvalue weighted by Gasteiger charge is -2.23. The van der Waals surface area contributed by atoms with Crippen LogP contribution in [0, 0.1) is 5.92 Å². The second-order valence-electron chi connectivity index (χ2n) is 5.51. The van der Waals surface area contributed by atoms with Gasteiger partial charge in [0.1, 0.15) is 11.6 Å². The maximum absolute atomic E-state index is 11.1. The Bertz CT molecular complexity index is 439. The SMILES string of the molecule is CCCCCCCN(CC(C)C(=O)O)c1nnc(COC)s1. The quantitative estimate of drug-likeness (QED) is 0.594. The highest BCUT2D eigenvalue weighted by Gasteiger charge is 2.19. The van der Waals surface area contributed by atoms with Crippen molar-refractivity contribution >= 4 is 22.4 Å². The van der Waals surface area contributed by atoms with E-state index in [1.165, 1.54) is 30.6 Å². The average Bonchev–Trinajstić information content (AvgIpc) is 2.94. The van der Waals surface area contributed by atoms with Crippen LogP contribution in [0.4, 0.5) is 5.13 Å². The van der Waals surface area contributed by atoms with E-state index in [0.29, 0.717) is 13.2 Å². The number of rotatable bonds is 12. The van der Waals surface area contributed by atoms with Crippen LogP contribution < -0.4 is 4.90 Å². The van der Waals surface area contributed by atoms with Crippen LogP contribution in [-0.2, 0) is 16.1 Å². The monoisotopic (exact) mass is 329 g/mol. The molecule has 6 nitrogen and oxygen atoms in total. The molecule has 0 fully saturated rings. The maximum Gasteiger partial charge on any atom is 0.308 e. The summed E-state index contributed by atoms with van der Waals surface area (Å²) in [6.45, 7) is 5.65. The predicted octanol–water partition coefficient (Wildman–Crippen LogP) is 3.18. The van der Waals surface area contributed by atoms with Gasteiger partial charge in [0, 0.05) is 20.2 Å². The third kappa shape index (κ3) is 6.70. The first kappa shape index (κ1) is 18.8. The lowest BCUT2D eigenvalue weighted by molar-refractivity contribution is -0.140. The van der Waals surface area contributed by atoms with Crippen molar-refractivity contribution in [1.29, 1.82) is 0 Å². The number of carboxylic acids is 1. The zero-order valence-electron chi connectivity index (χ0n) is 13.7. The highest BCUT2D eigenvalue weighted by Crippen LogP contribution is 2.22. The van der Waals surface area contributed by atoms with Crippen molar-refractivity contribution in [3.8, 4) is 0 Å². The van der Waals surface area contributed by atoms with Gasteiger partial charge in [-0.15, -0.1) is 10.2 Å². The van der Waals surface area contributed by atoms with E-state index in [4.69, 9.17) is 9.84 Å². The molecule has 0 bridgehead atoms. The van der Waals surface area contributed by atoms with Crippen molar-refractivity contribution in [2.75, 3.05) is 25.1 Å². The molecule has 0 radical (unpaired) electrons. The fourth-order valence-corrected chi connectivity index (χ4v) is 2.98. The number of aromatic nitrogens is 2. The Balaban J connectivity index is 2.61. The number of ether oxygens (including phenoxy) is 1. The fraction of sp³-hybridized carbons (Fsp3) is 0.800. The van der Waals surface area contributed by atoms with Crippen LogP contribution in [0.3, 0.4) is 0 Å². The van der Waals surface area contributed by atoms with Crippen molar-refractivity contribution in [2.24, 2.45) is 5.92 Å². The van der Waals surface area contributed by atoms with Crippen molar-refractivity contribution in [3.05, 3.63) is 5.01 Å². The Morgan fingerprint density at radius 2 is 2.05 bits per heavy atom. The Kier molecular flexibility index (Phi) is 9.00. The number of anilines is 1. The summed E-state index contributed by atoms with van der Waals surface area (Å²) in [4.78, 5) is 13.2. The second kappa shape index (κ2) is 10.5. The molecule has 22 heavy (non-hydrogen) atoms. The molecule has 1 heterocycles. The molecule has 0 amide bonds.